The number of carbonyl (C=O) groups is 2. The molecule has 1 amide bonds. The van der Waals surface area contributed by atoms with Crippen molar-refractivity contribution >= 4 is 35.1 Å². The van der Waals surface area contributed by atoms with E-state index in [-0.39, 0.29) is 17.5 Å². The predicted molar refractivity (Wildman–Crippen MR) is 134 cm³/mol. The van der Waals surface area contributed by atoms with Crippen LogP contribution in [-0.4, -0.2) is 45.8 Å². The van der Waals surface area contributed by atoms with Gasteiger partial charge in [0.25, 0.3) is 5.91 Å². The first-order valence-electron chi connectivity index (χ1n) is 10.9. The molecule has 2 N–H and O–H groups in total. The normalized spacial score (nSPS) is 13.2. The molecule has 0 aliphatic rings. The summed E-state index contributed by atoms with van der Waals surface area (Å²) in [5, 5.41) is 22.9. The van der Waals surface area contributed by atoms with E-state index in [1.165, 1.54) is 26.3 Å². The lowest BCUT2D eigenvalue weighted by atomic mass is 10.1. The summed E-state index contributed by atoms with van der Waals surface area (Å²) in [5.74, 6) is -1.80. The maximum atomic E-state index is 12.7. The largest absolute Gasteiger partial charge is 0.503 e. The number of aromatic hydroxyl groups is 1. The van der Waals surface area contributed by atoms with E-state index < -0.39 is 29.8 Å². The highest BCUT2D eigenvalue weighted by molar-refractivity contribution is 6.43. The Morgan fingerprint density at radius 3 is 2.56 bits per heavy atom. The molecular weight excluding hydrogens is 507 g/mol. The standard InChI is InChI=1S/C25H24Cl2N4O5/c1-13(30-24(33)22-23(32)20(35-4)8-9-29-22)25(34)36-15(3)14(2)31-11-16(10-28)18(12-31)17-6-5-7-19(26)21(17)27/h5-9,11-15,32H,1-4H3,(H,30,33)/t13-,14?,15?/m0/s1. The summed E-state index contributed by atoms with van der Waals surface area (Å²) in [6.07, 6.45) is 4.07. The number of amides is 1. The molecule has 2 heterocycles. The van der Waals surface area contributed by atoms with Crippen LogP contribution in [0.5, 0.6) is 11.5 Å². The second-order valence-corrected chi connectivity index (χ2v) is 8.82. The second kappa shape index (κ2) is 11.3. The van der Waals surface area contributed by atoms with Gasteiger partial charge in [-0.25, -0.2) is 9.78 Å². The van der Waals surface area contributed by atoms with Gasteiger partial charge >= 0.3 is 5.97 Å². The summed E-state index contributed by atoms with van der Waals surface area (Å²) in [6.45, 7) is 4.98. The van der Waals surface area contributed by atoms with Crippen LogP contribution >= 0.6 is 23.2 Å². The molecule has 2 unspecified atom stereocenters. The number of halogens is 2. The molecule has 0 spiro atoms. The highest BCUT2D eigenvalue weighted by Gasteiger charge is 2.26. The number of nitriles is 1. The predicted octanol–water partition coefficient (Wildman–Crippen LogP) is 4.75. The molecule has 3 rings (SSSR count). The summed E-state index contributed by atoms with van der Waals surface area (Å²) in [5.41, 5.74) is 1.32. The first kappa shape index (κ1) is 26.9. The van der Waals surface area contributed by atoms with Crippen molar-refractivity contribution in [3.63, 3.8) is 0 Å². The molecule has 9 nitrogen and oxygen atoms in total. The molecule has 3 atom stereocenters. The first-order chi connectivity index (χ1) is 17.1. The van der Waals surface area contributed by atoms with Crippen LogP contribution in [0.2, 0.25) is 10.0 Å². The molecular formula is C25H24Cl2N4O5. The molecule has 2 aromatic heterocycles. The fraction of sp³-hybridized carbons (Fsp3) is 0.280. The van der Waals surface area contributed by atoms with E-state index in [1.54, 1.807) is 42.1 Å². The van der Waals surface area contributed by atoms with Crippen LogP contribution in [0.1, 0.15) is 42.9 Å². The maximum absolute atomic E-state index is 12.7. The number of esters is 1. The van der Waals surface area contributed by atoms with Gasteiger partial charge in [-0.3, -0.25) is 4.79 Å². The lowest BCUT2D eigenvalue weighted by Crippen LogP contribution is -2.41. The molecule has 0 saturated heterocycles. The molecule has 0 bridgehead atoms. The number of nitrogens with zero attached hydrogens (tertiary/aromatic N) is 3. The van der Waals surface area contributed by atoms with E-state index >= 15 is 0 Å². The van der Waals surface area contributed by atoms with Gasteiger partial charge in [0.15, 0.2) is 17.2 Å². The minimum atomic E-state index is -1.03. The molecule has 0 saturated carbocycles. The van der Waals surface area contributed by atoms with Gasteiger partial charge < -0.3 is 24.5 Å². The van der Waals surface area contributed by atoms with Crippen molar-refractivity contribution in [2.24, 2.45) is 0 Å². The van der Waals surface area contributed by atoms with Gasteiger partial charge in [-0.05, 0) is 26.8 Å². The lowest BCUT2D eigenvalue weighted by Gasteiger charge is -2.24. The van der Waals surface area contributed by atoms with E-state index in [0.717, 1.165) is 0 Å². The summed E-state index contributed by atoms with van der Waals surface area (Å²) in [6, 6.07) is 7.33. The quantitative estimate of drug-likeness (QED) is 0.402. The third-order valence-corrected chi connectivity index (χ3v) is 6.50. The van der Waals surface area contributed by atoms with E-state index in [2.05, 4.69) is 16.4 Å². The SMILES string of the molecule is COc1ccnc(C(=O)N[C@@H](C)C(=O)OC(C)C(C)n2cc(C#N)c(-c3cccc(Cl)c3Cl)c2)c1O. The Morgan fingerprint density at radius 2 is 1.89 bits per heavy atom. The zero-order valence-corrected chi connectivity index (χ0v) is 21.5. The number of rotatable bonds is 8. The minimum Gasteiger partial charge on any atom is -0.503 e. The average Bonchev–Trinajstić information content (AvgIpc) is 3.29. The molecule has 1 aromatic carbocycles. The van der Waals surface area contributed by atoms with Crippen LogP contribution in [-0.2, 0) is 9.53 Å². The van der Waals surface area contributed by atoms with Crippen molar-refractivity contribution < 1.29 is 24.2 Å². The Bertz CT molecular complexity index is 1330. The highest BCUT2D eigenvalue weighted by Crippen LogP contribution is 2.36. The fourth-order valence-corrected chi connectivity index (χ4v) is 3.84. The highest BCUT2D eigenvalue weighted by atomic mass is 35.5. The van der Waals surface area contributed by atoms with E-state index in [0.29, 0.717) is 26.7 Å². The summed E-state index contributed by atoms with van der Waals surface area (Å²) >= 11 is 12.5. The number of benzene rings is 1. The summed E-state index contributed by atoms with van der Waals surface area (Å²) < 4.78 is 12.3. The van der Waals surface area contributed by atoms with Crippen LogP contribution in [0.15, 0.2) is 42.9 Å². The third kappa shape index (κ3) is 5.56. The first-order valence-corrected chi connectivity index (χ1v) is 11.6. The Morgan fingerprint density at radius 1 is 1.17 bits per heavy atom. The molecule has 0 radical (unpaired) electrons. The Balaban J connectivity index is 1.71. The number of aromatic nitrogens is 2. The van der Waals surface area contributed by atoms with Crippen molar-refractivity contribution in [2.75, 3.05) is 7.11 Å². The Hall–Kier alpha value is -3.74. The van der Waals surface area contributed by atoms with Gasteiger partial charge in [0, 0.05) is 35.8 Å². The molecule has 0 aliphatic carbocycles. The maximum Gasteiger partial charge on any atom is 0.328 e. The van der Waals surface area contributed by atoms with Crippen molar-refractivity contribution in [2.45, 2.75) is 39.0 Å². The molecule has 11 heteroatoms. The van der Waals surface area contributed by atoms with Gasteiger partial charge in [-0.15, -0.1) is 0 Å². The lowest BCUT2D eigenvalue weighted by molar-refractivity contribution is -0.152. The topological polar surface area (TPSA) is 126 Å². The number of hydrogen-bond donors (Lipinski definition) is 2. The van der Waals surface area contributed by atoms with Crippen LogP contribution in [0.3, 0.4) is 0 Å². The van der Waals surface area contributed by atoms with Gasteiger partial charge in [-0.2, -0.15) is 5.26 Å². The number of ether oxygens (including phenoxy) is 2. The van der Waals surface area contributed by atoms with Gasteiger partial charge in [0.1, 0.15) is 18.2 Å². The smallest absolute Gasteiger partial charge is 0.328 e. The van der Waals surface area contributed by atoms with E-state index in [4.69, 9.17) is 32.7 Å². The molecule has 188 valence electrons. The van der Waals surface area contributed by atoms with Gasteiger partial charge in [-0.1, -0.05) is 35.3 Å². The van der Waals surface area contributed by atoms with E-state index in [9.17, 15) is 20.0 Å². The van der Waals surface area contributed by atoms with Crippen LogP contribution in [0.4, 0.5) is 0 Å². The van der Waals surface area contributed by atoms with Crippen LogP contribution < -0.4 is 10.1 Å². The third-order valence-electron chi connectivity index (χ3n) is 5.68. The summed E-state index contributed by atoms with van der Waals surface area (Å²) in [4.78, 5) is 29.0. The molecule has 0 aliphatic heterocycles. The number of hydrogen-bond acceptors (Lipinski definition) is 7. The molecule has 36 heavy (non-hydrogen) atoms. The van der Waals surface area contributed by atoms with Crippen molar-refractivity contribution in [1.29, 1.82) is 5.26 Å². The Labute approximate surface area is 218 Å². The molecule has 0 fully saturated rings. The number of carbonyl (C=O) groups excluding carboxylic acids is 2. The zero-order chi connectivity index (χ0) is 26.6. The van der Waals surface area contributed by atoms with Gasteiger partial charge in [0.2, 0.25) is 0 Å². The van der Waals surface area contributed by atoms with Crippen molar-refractivity contribution in [3.05, 3.63) is 64.2 Å². The molecule has 3 aromatic rings. The fourth-order valence-electron chi connectivity index (χ4n) is 3.44. The second-order valence-electron chi connectivity index (χ2n) is 8.03. The monoisotopic (exact) mass is 530 g/mol. The zero-order valence-electron chi connectivity index (χ0n) is 20.0. The van der Waals surface area contributed by atoms with Crippen LogP contribution in [0.25, 0.3) is 11.1 Å². The van der Waals surface area contributed by atoms with E-state index in [1.807, 2.05) is 6.92 Å². The number of nitrogens with one attached hydrogen (secondary N) is 1. The number of pyridine rings is 1. The Kier molecular flexibility index (Phi) is 8.45. The van der Waals surface area contributed by atoms with Gasteiger partial charge in [0.05, 0.1) is 28.8 Å². The van der Waals surface area contributed by atoms with Crippen molar-refractivity contribution in [1.82, 2.24) is 14.9 Å². The van der Waals surface area contributed by atoms with Crippen LogP contribution in [0, 0.1) is 11.3 Å². The summed E-state index contributed by atoms with van der Waals surface area (Å²) in [7, 11) is 1.34. The van der Waals surface area contributed by atoms with Crippen molar-refractivity contribution in [3.8, 4) is 28.7 Å². The average molecular weight is 531 g/mol. The number of methoxy groups -OCH3 is 1. The minimum absolute atomic E-state index is 0.0784.